The highest BCUT2D eigenvalue weighted by Gasteiger charge is 2.44. The van der Waals surface area contributed by atoms with Crippen LogP contribution < -0.4 is 5.73 Å². The molecule has 0 radical (unpaired) electrons. The number of hydrogen-bond acceptors (Lipinski definition) is 3. The molecule has 0 spiro atoms. The second-order valence-corrected chi connectivity index (χ2v) is 6.38. The number of rotatable bonds is 2. The van der Waals surface area contributed by atoms with Crippen LogP contribution in [0.1, 0.15) is 33.6 Å². The molecule has 2 aliphatic heterocycles. The first-order valence-corrected chi connectivity index (χ1v) is 7.11. The van der Waals surface area contributed by atoms with Gasteiger partial charge < -0.3 is 10.5 Å². The SMILES string of the molecule is CC1CC(C)CN(C2(CN)CCOCC2C)C1. The molecule has 3 heteroatoms. The molecule has 4 atom stereocenters. The molecule has 2 saturated heterocycles. The molecular weight excluding hydrogens is 212 g/mol. The topological polar surface area (TPSA) is 38.5 Å². The lowest BCUT2D eigenvalue weighted by Crippen LogP contribution is -2.64. The lowest BCUT2D eigenvalue weighted by molar-refractivity contribution is -0.0851. The van der Waals surface area contributed by atoms with Gasteiger partial charge in [0.1, 0.15) is 0 Å². The van der Waals surface area contributed by atoms with Gasteiger partial charge in [-0.05, 0) is 30.6 Å². The van der Waals surface area contributed by atoms with Gasteiger partial charge in [-0.15, -0.1) is 0 Å². The molecule has 17 heavy (non-hydrogen) atoms. The Morgan fingerprint density at radius 3 is 2.41 bits per heavy atom. The zero-order chi connectivity index (χ0) is 12.5. The Morgan fingerprint density at radius 1 is 1.24 bits per heavy atom. The van der Waals surface area contributed by atoms with E-state index in [4.69, 9.17) is 10.5 Å². The fraction of sp³-hybridized carbons (Fsp3) is 1.00. The summed E-state index contributed by atoms with van der Waals surface area (Å²) in [7, 11) is 0. The van der Waals surface area contributed by atoms with E-state index in [-0.39, 0.29) is 5.54 Å². The van der Waals surface area contributed by atoms with Crippen molar-refractivity contribution in [3.05, 3.63) is 0 Å². The Kier molecular flexibility index (Phi) is 4.11. The molecular formula is C14H28N2O. The number of nitrogens with two attached hydrogens (primary N) is 1. The van der Waals surface area contributed by atoms with Crippen LogP contribution in [0.15, 0.2) is 0 Å². The van der Waals surface area contributed by atoms with Crippen molar-refractivity contribution in [3.63, 3.8) is 0 Å². The summed E-state index contributed by atoms with van der Waals surface area (Å²) >= 11 is 0. The predicted octanol–water partition coefficient (Wildman–Crippen LogP) is 1.72. The van der Waals surface area contributed by atoms with Crippen molar-refractivity contribution in [1.82, 2.24) is 4.90 Å². The fourth-order valence-corrected chi connectivity index (χ4v) is 3.84. The number of piperidine rings is 1. The quantitative estimate of drug-likeness (QED) is 0.799. The van der Waals surface area contributed by atoms with Crippen LogP contribution >= 0.6 is 0 Å². The Morgan fingerprint density at radius 2 is 1.88 bits per heavy atom. The number of nitrogens with zero attached hydrogens (tertiary/aromatic N) is 1. The average molecular weight is 240 g/mol. The Hall–Kier alpha value is -0.120. The molecule has 0 bridgehead atoms. The highest BCUT2D eigenvalue weighted by molar-refractivity contribution is 4.99. The molecule has 2 rings (SSSR count). The van der Waals surface area contributed by atoms with Crippen molar-refractivity contribution < 1.29 is 4.74 Å². The van der Waals surface area contributed by atoms with Crippen molar-refractivity contribution in [1.29, 1.82) is 0 Å². The van der Waals surface area contributed by atoms with Gasteiger partial charge in [0.2, 0.25) is 0 Å². The zero-order valence-corrected chi connectivity index (χ0v) is 11.6. The highest BCUT2D eigenvalue weighted by atomic mass is 16.5. The molecule has 0 aromatic carbocycles. The van der Waals surface area contributed by atoms with Gasteiger partial charge in [-0.1, -0.05) is 20.8 Å². The second-order valence-electron chi connectivity index (χ2n) is 6.38. The van der Waals surface area contributed by atoms with Crippen LogP contribution in [-0.2, 0) is 4.74 Å². The summed E-state index contributed by atoms with van der Waals surface area (Å²) in [6, 6.07) is 0. The number of likely N-dealkylation sites (tertiary alicyclic amines) is 1. The van der Waals surface area contributed by atoms with Gasteiger partial charge in [-0.3, -0.25) is 4.90 Å². The van der Waals surface area contributed by atoms with Gasteiger partial charge in [-0.2, -0.15) is 0 Å². The van der Waals surface area contributed by atoms with Crippen LogP contribution in [0, 0.1) is 17.8 Å². The maximum Gasteiger partial charge on any atom is 0.0509 e. The minimum Gasteiger partial charge on any atom is -0.381 e. The molecule has 0 aliphatic carbocycles. The third-order valence-electron chi connectivity index (χ3n) is 4.82. The molecule has 2 fully saturated rings. The van der Waals surface area contributed by atoms with Crippen LogP contribution in [0.2, 0.25) is 0 Å². The van der Waals surface area contributed by atoms with Crippen LogP contribution in [0.25, 0.3) is 0 Å². The van der Waals surface area contributed by atoms with Gasteiger partial charge in [0.25, 0.3) is 0 Å². The third kappa shape index (κ3) is 2.51. The van der Waals surface area contributed by atoms with E-state index in [0.29, 0.717) is 5.92 Å². The van der Waals surface area contributed by atoms with Gasteiger partial charge in [0.15, 0.2) is 0 Å². The third-order valence-corrected chi connectivity index (χ3v) is 4.82. The Bertz CT molecular complexity index is 249. The molecule has 4 unspecified atom stereocenters. The number of ether oxygens (including phenoxy) is 1. The molecule has 0 amide bonds. The minimum absolute atomic E-state index is 0.196. The first-order valence-electron chi connectivity index (χ1n) is 7.11. The van der Waals surface area contributed by atoms with E-state index in [9.17, 15) is 0 Å². The first kappa shape index (κ1) is 13.3. The van der Waals surface area contributed by atoms with Crippen LogP contribution in [0.3, 0.4) is 0 Å². The van der Waals surface area contributed by atoms with Crippen molar-refractivity contribution in [2.75, 3.05) is 32.8 Å². The molecule has 0 aromatic rings. The lowest BCUT2D eigenvalue weighted by Gasteiger charge is -2.53. The highest BCUT2D eigenvalue weighted by Crippen LogP contribution is 2.36. The minimum atomic E-state index is 0.196. The fourth-order valence-electron chi connectivity index (χ4n) is 3.84. The summed E-state index contributed by atoms with van der Waals surface area (Å²) in [6.07, 6.45) is 2.46. The van der Waals surface area contributed by atoms with E-state index < -0.39 is 0 Å². The maximum absolute atomic E-state index is 6.15. The van der Waals surface area contributed by atoms with Crippen molar-refractivity contribution in [3.8, 4) is 0 Å². The molecule has 100 valence electrons. The van der Waals surface area contributed by atoms with E-state index in [0.717, 1.165) is 38.0 Å². The molecule has 2 aliphatic rings. The van der Waals surface area contributed by atoms with Gasteiger partial charge in [0.05, 0.1) is 6.61 Å². The van der Waals surface area contributed by atoms with Crippen molar-refractivity contribution >= 4 is 0 Å². The largest absolute Gasteiger partial charge is 0.381 e. The van der Waals surface area contributed by atoms with Gasteiger partial charge >= 0.3 is 0 Å². The van der Waals surface area contributed by atoms with Crippen LogP contribution in [-0.4, -0.2) is 43.3 Å². The average Bonchev–Trinajstić information content (AvgIpc) is 2.28. The lowest BCUT2D eigenvalue weighted by atomic mass is 9.76. The summed E-state index contributed by atoms with van der Waals surface area (Å²) in [5, 5.41) is 0. The number of hydrogen-bond donors (Lipinski definition) is 1. The summed E-state index contributed by atoms with van der Waals surface area (Å²) < 4.78 is 5.60. The maximum atomic E-state index is 6.15. The van der Waals surface area contributed by atoms with Gasteiger partial charge in [0, 0.05) is 31.8 Å². The molecule has 0 aromatic heterocycles. The normalized spacial score (nSPS) is 44.8. The molecule has 3 nitrogen and oxygen atoms in total. The van der Waals surface area contributed by atoms with E-state index in [1.54, 1.807) is 0 Å². The second kappa shape index (κ2) is 5.25. The summed E-state index contributed by atoms with van der Waals surface area (Å²) in [4.78, 5) is 2.68. The van der Waals surface area contributed by atoms with E-state index in [1.807, 2.05) is 0 Å². The smallest absolute Gasteiger partial charge is 0.0509 e. The summed E-state index contributed by atoms with van der Waals surface area (Å²) in [5.74, 6) is 2.16. The molecule has 0 saturated carbocycles. The standard InChI is InChI=1S/C14H28N2O/c1-11-6-12(2)8-16(7-11)14(10-15)4-5-17-9-13(14)3/h11-13H,4-10,15H2,1-3H3. The predicted molar refractivity (Wildman–Crippen MR) is 70.9 cm³/mol. The van der Waals surface area contributed by atoms with Crippen molar-refractivity contribution in [2.24, 2.45) is 23.5 Å². The molecule has 2 heterocycles. The Labute approximate surface area is 106 Å². The van der Waals surface area contributed by atoms with Crippen molar-refractivity contribution in [2.45, 2.75) is 39.2 Å². The summed E-state index contributed by atoms with van der Waals surface area (Å²) in [5.41, 5.74) is 6.35. The monoisotopic (exact) mass is 240 g/mol. The van der Waals surface area contributed by atoms with E-state index in [1.165, 1.54) is 19.5 Å². The van der Waals surface area contributed by atoms with E-state index >= 15 is 0 Å². The van der Waals surface area contributed by atoms with Crippen LogP contribution in [0.4, 0.5) is 0 Å². The van der Waals surface area contributed by atoms with Crippen LogP contribution in [0.5, 0.6) is 0 Å². The van der Waals surface area contributed by atoms with E-state index in [2.05, 4.69) is 25.7 Å². The molecule has 2 N–H and O–H groups in total. The summed E-state index contributed by atoms with van der Waals surface area (Å²) in [6.45, 7) is 12.0. The first-order chi connectivity index (χ1) is 8.08. The Balaban J connectivity index is 2.15. The zero-order valence-electron chi connectivity index (χ0n) is 11.6. The van der Waals surface area contributed by atoms with Gasteiger partial charge in [-0.25, -0.2) is 0 Å².